The highest BCUT2D eigenvalue weighted by Gasteiger charge is 2.34. The van der Waals surface area contributed by atoms with Crippen LogP contribution in [0.2, 0.25) is 0 Å². The van der Waals surface area contributed by atoms with Crippen LogP contribution in [-0.2, 0) is 6.18 Å². The molecule has 0 amide bonds. The van der Waals surface area contributed by atoms with Crippen molar-refractivity contribution in [2.45, 2.75) is 6.18 Å². The van der Waals surface area contributed by atoms with Crippen LogP contribution >= 0.6 is 0 Å². The first kappa shape index (κ1) is 15.0. The lowest BCUT2D eigenvalue weighted by Crippen LogP contribution is -2.31. The zero-order valence-corrected chi connectivity index (χ0v) is 8.31. The molecule has 6 N–H and O–H groups in total. The van der Waals surface area contributed by atoms with E-state index >= 15 is 0 Å². The highest BCUT2D eigenvalue weighted by molar-refractivity contribution is 6.58. The molecule has 1 rings (SSSR count). The van der Waals surface area contributed by atoms with E-state index in [-0.39, 0.29) is 5.46 Å². The summed E-state index contributed by atoms with van der Waals surface area (Å²) in [5, 5.41) is 24.3. The van der Waals surface area contributed by atoms with Gasteiger partial charge >= 0.3 is 13.3 Å². The molecule has 1 heterocycles. The second-order valence-electron chi connectivity index (χ2n) is 2.70. The molecule has 0 aliphatic heterocycles. The van der Waals surface area contributed by atoms with Crippen molar-refractivity contribution < 1.29 is 23.2 Å². The van der Waals surface area contributed by atoms with Crippen molar-refractivity contribution in [3.63, 3.8) is 0 Å². The van der Waals surface area contributed by atoms with E-state index in [1.807, 2.05) is 0 Å². The number of pyridine rings is 1. The number of anilines is 1. The van der Waals surface area contributed by atoms with E-state index in [0.717, 1.165) is 6.20 Å². The Morgan fingerprint density at radius 1 is 1.41 bits per heavy atom. The number of hydrogen-bond acceptors (Lipinski definition) is 6. The van der Waals surface area contributed by atoms with E-state index in [4.69, 9.17) is 21.0 Å². The van der Waals surface area contributed by atoms with Gasteiger partial charge in [0.1, 0.15) is 5.82 Å². The molecule has 0 aliphatic rings. The van der Waals surface area contributed by atoms with Crippen molar-refractivity contribution >= 4 is 18.4 Å². The minimum absolute atomic E-state index is 0.355. The summed E-state index contributed by atoms with van der Waals surface area (Å²) in [7, 11) is -2.00. The molecule has 10 heteroatoms. The number of nitrogens with zero attached hydrogens (tertiary/aromatic N) is 2. The van der Waals surface area contributed by atoms with Crippen LogP contribution in [0.4, 0.5) is 19.0 Å². The first-order chi connectivity index (χ1) is 7.73. The van der Waals surface area contributed by atoms with E-state index in [1.54, 1.807) is 0 Å². The first-order valence-corrected chi connectivity index (χ1v) is 4.02. The number of halogens is 3. The standard InChI is InChI=1S/C6H6BF3N2O2.CH2N2/c8-6(9,10)4-1-3(7(13)14)2-12-5(4)11;2-1-3/h1-2,13-14H,(H2,11,12);2H2. The molecule has 0 spiro atoms. The van der Waals surface area contributed by atoms with E-state index in [2.05, 4.69) is 10.7 Å². The normalized spacial score (nSPS) is 9.88. The molecule has 92 valence electrons. The molecule has 0 aromatic carbocycles. The molecule has 0 saturated carbocycles. The third kappa shape index (κ3) is 4.58. The van der Waals surface area contributed by atoms with Gasteiger partial charge in [0.2, 0.25) is 0 Å². The summed E-state index contributed by atoms with van der Waals surface area (Å²) in [6, 6.07) is 0.549. The van der Waals surface area contributed by atoms with Crippen molar-refractivity contribution in [1.82, 2.24) is 4.98 Å². The fourth-order valence-corrected chi connectivity index (χ4v) is 0.860. The predicted octanol–water partition coefficient (Wildman–Crippen LogP) is -1.21. The maximum absolute atomic E-state index is 12.2. The fraction of sp³-hybridized carbons (Fsp3) is 0.143. The Labute approximate surface area is 94.4 Å². The zero-order valence-electron chi connectivity index (χ0n) is 8.31. The molecule has 0 unspecified atom stereocenters. The van der Waals surface area contributed by atoms with Crippen LogP contribution in [0.1, 0.15) is 5.56 Å². The van der Waals surface area contributed by atoms with Gasteiger partial charge in [-0.15, -0.1) is 0 Å². The summed E-state index contributed by atoms with van der Waals surface area (Å²) < 4.78 is 36.6. The Kier molecular flexibility index (Phi) is 5.23. The maximum atomic E-state index is 12.2. The topological polar surface area (TPSA) is 129 Å². The summed E-state index contributed by atoms with van der Waals surface area (Å²) >= 11 is 0. The lowest BCUT2D eigenvalue weighted by Gasteiger charge is -2.10. The van der Waals surface area contributed by atoms with Gasteiger partial charge in [-0.1, -0.05) is 0 Å². The molecule has 0 saturated heterocycles. The lowest BCUT2D eigenvalue weighted by molar-refractivity contribution is -0.137. The Morgan fingerprint density at radius 3 is 2.24 bits per heavy atom. The summed E-state index contributed by atoms with van der Waals surface area (Å²) in [5.74, 6) is -0.693. The Hall–Kier alpha value is -1.99. The van der Waals surface area contributed by atoms with Crippen molar-refractivity contribution in [2.75, 3.05) is 5.73 Å². The molecular formula is C7H8BF3N4O2. The highest BCUT2D eigenvalue weighted by Crippen LogP contribution is 2.31. The predicted molar refractivity (Wildman–Crippen MR) is 53.3 cm³/mol. The van der Waals surface area contributed by atoms with Gasteiger partial charge in [0, 0.05) is 11.7 Å². The monoisotopic (exact) mass is 248 g/mol. The summed E-state index contributed by atoms with van der Waals surface area (Å²) in [6.07, 6.45) is -2.53. The van der Waals surface area contributed by atoms with Gasteiger partial charge in [-0.2, -0.15) is 18.4 Å². The number of nitrogens with two attached hydrogens (primary N) is 2. The Morgan fingerprint density at radius 2 is 1.88 bits per heavy atom. The van der Waals surface area contributed by atoms with E-state index in [1.165, 1.54) is 6.19 Å². The van der Waals surface area contributed by atoms with Gasteiger partial charge in [0.15, 0.2) is 6.19 Å². The van der Waals surface area contributed by atoms with Crippen LogP contribution in [0.5, 0.6) is 0 Å². The van der Waals surface area contributed by atoms with Crippen molar-refractivity contribution in [2.24, 2.45) is 5.73 Å². The molecule has 1 aromatic rings. The van der Waals surface area contributed by atoms with Crippen LogP contribution in [0, 0.1) is 11.5 Å². The summed E-state index contributed by atoms with van der Waals surface area (Å²) in [5.41, 5.74) is 7.60. The van der Waals surface area contributed by atoms with Gasteiger partial charge in [0.25, 0.3) is 0 Å². The third-order valence-electron chi connectivity index (χ3n) is 1.54. The van der Waals surface area contributed by atoms with Gasteiger partial charge in [-0.05, 0) is 6.07 Å². The van der Waals surface area contributed by atoms with E-state index in [9.17, 15) is 13.2 Å². The molecule has 0 fully saturated rings. The van der Waals surface area contributed by atoms with Gasteiger partial charge in [-0.25, -0.2) is 4.98 Å². The van der Waals surface area contributed by atoms with Crippen LogP contribution in [-0.4, -0.2) is 22.2 Å². The maximum Gasteiger partial charge on any atom is 0.490 e. The number of aromatic nitrogens is 1. The lowest BCUT2D eigenvalue weighted by atomic mass is 9.81. The smallest absolute Gasteiger partial charge is 0.423 e. The van der Waals surface area contributed by atoms with E-state index in [0.29, 0.717) is 6.07 Å². The second kappa shape index (κ2) is 5.93. The Balaban J connectivity index is 0.000000770. The minimum Gasteiger partial charge on any atom is -0.423 e. The zero-order chi connectivity index (χ0) is 13.6. The largest absolute Gasteiger partial charge is 0.490 e. The van der Waals surface area contributed by atoms with Crippen LogP contribution in [0.15, 0.2) is 12.3 Å². The summed E-state index contributed by atoms with van der Waals surface area (Å²) in [4.78, 5) is 3.20. The fourth-order valence-electron chi connectivity index (χ4n) is 0.860. The molecule has 17 heavy (non-hydrogen) atoms. The molecular weight excluding hydrogens is 240 g/mol. The van der Waals surface area contributed by atoms with Gasteiger partial charge < -0.3 is 21.5 Å². The second-order valence-corrected chi connectivity index (χ2v) is 2.70. The van der Waals surface area contributed by atoms with Crippen molar-refractivity contribution in [3.05, 3.63) is 17.8 Å². The van der Waals surface area contributed by atoms with Crippen LogP contribution in [0.3, 0.4) is 0 Å². The highest BCUT2D eigenvalue weighted by atomic mass is 19.4. The number of hydrogen-bond donors (Lipinski definition) is 4. The molecule has 1 aromatic heterocycles. The average Bonchev–Trinajstić information content (AvgIpc) is 2.17. The molecule has 0 bridgehead atoms. The molecule has 0 radical (unpaired) electrons. The van der Waals surface area contributed by atoms with Gasteiger partial charge in [0.05, 0.1) is 5.56 Å². The number of alkyl halides is 3. The quantitative estimate of drug-likeness (QED) is 0.280. The van der Waals surface area contributed by atoms with Gasteiger partial charge in [-0.3, -0.25) is 0 Å². The van der Waals surface area contributed by atoms with Crippen LogP contribution in [0.25, 0.3) is 0 Å². The number of rotatable bonds is 1. The van der Waals surface area contributed by atoms with Crippen molar-refractivity contribution in [1.29, 1.82) is 5.26 Å². The summed E-state index contributed by atoms with van der Waals surface area (Å²) in [6.45, 7) is 0. The molecule has 0 aliphatic carbocycles. The molecule has 6 nitrogen and oxygen atoms in total. The SMILES string of the molecule is N#CN.Nc1ncc(B(O)O)cc1C(F)(F)F. The average molecular weight is 248 g/mol. The van der Waals surface area contributed by atoms with E-state index < -0.39 is 24.7 Å². The minimum atomic E-state index is -4.65. The first-order valence-electron chi connectivity index (χ1n) is 4.02. The number of nitriles is 1. The Bertz CT molecular complexity index is 419. The van der Waals surface area contributed by atoms with Crippen LogP contribution < -0.4 is 16.9 Å². The molecule has 0 atom stereocenters. The van der Waals surface area contributed by atoms with Crippen molar-refractivity contribution in [3.8, 4) is 6.19 Å². The third-order valence-corrected chi connectivity index (χ3v) is 1.54. The number of nitrogen functional groups attached to an aromatic ring is 1.